The summed E-state index contributed by atoms with van der Waals surface area (Å²) in [7, 11) is 0. The molecule has 0 atom stereocenters. The van der Waals surface area contributed by atoms with Crippen molar-refractivity contribution in [3.8, 4) is 0 Å². The lowest BCUT2D eigenvalue weighted by atomic mass is 10.1. The minimum absolute atomic E-state index is 0.0270. The molecule has 3 aromatic rings. The second kappa shape index (κ2) is 12.4. The van der Waals surface area contributed by atoms with Crippen LogP contribution < -0.4 is 0 Å². The minimum Gasteiger partial charge on any atom is -0.318 e. The highest BCUT2D eigenvalue weighted by Crippen LogP contribution is 2.29. The van der Waals surface area contributed by atoms with E-state index in [0.717, 1.165) is 14.7 Å². The van der Waals surface area contributed by atoms with Crippen LogP contribution in [0.1, 0.15) is 23.7 Å². The number of non-ortho nitro benzene ring substituents is 1. The fraction of sp³-hybridized carbons (Fsp3) is 0.125. The number of nitrogens with zero attached hydrogens (tertiary/aromatic N) is 2. The van der Waals surface area contributed by atoms with E-state index in [1.807, 2.05) is 12.1 Å². The topological polar surface area (TPSA) is 98.9 Å². The van der Waals surface area contributed by atoms with Gasteiger partial charge in [-0.1, -0.05) is 28.5 Å². The van der Waals surface area contributed by atoms with Crippen LogP contribution in [-0.4, -0.2) is 28.1 Å². The van der Waals surface area contributed by atoms with Crippen molar-refractivity contribution in [3.05, 3.63) is 93.5 Å². The molecule has 0 N–H and O–H groups in total. The summed E-state index contributed by atoms with van der Waals surface area (Å²) in [4.78, 5) is 42.0. The van der Waals surface area contributed by atoms with Gasteiger partial charge in [0, 0.05) is 56.5 Å². The molecule has 174 valence electrons. The Morgan fingerprint density at radius 1 is 0.941 bits per heavy atom. The van der Waals surface area contributed by atoms with Crippen molar-refractivity contribution in [2.45, 2.75) is 28.0 Å². The Balaban J connectivity index is 1.66. The molecule has 3 rings (SSSR count). The quantitative estimate of drug-likeness (QED) is 0.0742. The third-order valence-corrected chi connectivity index (χ3v) is 6.65. The summed E-state index contributed by atoms with van der Waals surface area (Å²) in [5, 5.41) is 15.2. The van der Waals surface area contributed by atoms with Gasteiger partial charge in [-0.3, -0.25) is 14.9 Å². The van der Waals surface area contributed by atoms with E-state index >= 15 is 0 Å². The fourth-order valence-electron chi connectivity index (χ4n) is 2.73. The number of nitro benzene ring substituents is 1. The summed E-state index contributed by atoms with van der Waals surface area (Å²) >= 11 is 8.85. The maximum absolute atomic E-state index is 13.0. The lowest BCUT2D eigenvalue weighted by molar-refractivity contribution is -0.384. The van der Waals surface area contributed by atoms with Gasteiger partial charge < -0.3 is 4.84 Å². The highest BCUT2D eigenvalue weighted by molar-refractivity contribution is 7.99. The number of carbonyl (C=O) groups is 2. The minimum atomic E-state index is -0.606. The van der Waals surface area contributed by atoms with Crippen molar-refractivity contribution in [1.82, 2.24) is 0 Å². The Morgan fingerprint density at radius 2 is 1.50 bits per heavy atom. The zero-order valence-corrected chi connectivity index (χ0v) is 20.4. The van der Waals surface area contributed by atoms with Crippen LogP contribution in [-0.2, 0) is 9.63 Å². The molecule has 0 heterocycles. The Hall–Kier alpha value is -3.14. The molecule has 0 radical (unpaired) electrons. The number of ketones is 1. The average molecular weight is 515 g/mol. The van der Waals surface area contributed by atoms with Crippen LogP contribution in [0.3, 0.4) is 0 Å². The highest BCUT2D eigenvalue weighted by atomic mass is 35.5. The Bertz CT molecular complexity index is 1200. The third kappa shape index (κ3) is 7.72. The highest BCUT2D eigenvalue weighted by Gasteiger charge is 2.16. The molecule has 3 aromatic carbocycles. The number of carbonyl (C=O) groups excluding carboxylic acids is 2. The smallest absolute Gasteiger partial charge is 0.318 e. The predicted molar refractivity (Wildman–Crippen MR) is 134 cm³/mol. The molecule has 0 fully saturated rings. The molecule has 0 aliphatic carbocycles. The molecule has 34 heavy (non-hydrogen) atoms. The van der Waals surface area contributed by atoms with Gasteiger partial charge in [-0.25, -0.2) is 4.79 Å². The molecule has 0 aliphatic rings. The zero-order chi connectivity index (χ0) is 24.5. The summed E-state index contributed by atoms with van der Waals surface area (Å²) < 4.78 is 0. The lowest BCUT2D eigenvalue weighted by Gasteiger charge is -2.07. The Kier molecular flexibility index (Phi) is 9.26. The SMILES string of the molecule is CC(=O)ON=C(CCSc1ccc(Cl)cc1)C(=O)c1ccc(Sc2ccc([N+](=O)[O-])cc2)cc1. The molecule has 0 amide bonds. The van der Waals surface area contributed by atoms with Crippen LogP contribution in [0.5, 0.6) is 0 Å². The molecule has 0 unspecified atom stereocenters. The third-order valence-electron chi connectivity index (χ3n) is 4.37. The second-order valence-corrected chi connectivity index (χ2v) is 9.63. The van der Waals surface area contributed by atoms with Gasteiger partial charge in [0.15, 0.2) is 0 Å². The summed E-state index contributed by atoms with van der Waals surface area (Å²) in [5.74, 6) is -0.378. The number of thioether (sulfide) groups is 1. The summed E-state index contributed by atoms with van der Waals surface area (Å²) in [6.45, 7) is 1.22. The van der Waals surface area contributed by atoms with Crippen molar-refractivity contribution < 1.29 is 19.3 Å². The van der Waals surface area contributed by atoms with Crippen molar-refractivity contribution in [3.63, 3.8) is 0 Å². The van der Waals surface area contributed by atoms with E-state index in [1.54, 1.807) is 48.5 Å². The fourth-order valence-corrected chi connectivity index (χ4v) is 4.53. The van der Waals surface area contributed by atoms with Crippen molar-refractivity contribution in [1.29, 1.82) is 0 Å². The Labute approximate surface area is 209 Å². The van der Waals surface area contributed by atoms with Gasteiger partial charge in [0.05, 0.1) is 4.92 Å². The summed E-state index contributed by atoms with van der Waals surface area (Å²) in [5.41, 5.74) is 0.585. The molecule has 7 nitrogen and oxygen atoms in total. The number of oxime groups is 1. The number of benzene rings is 3. The molecular weight excluding hydrogens is 496 g/mol. The van der Waals surface area contributed by atoms with E-state index < -0.39 is 10.9 Å². The van der Waals surface area contributed by atoms with Gasteiger partial charge in [-0.2, -0.15) is 0 Å². The van der Waals surface area contributed by atoms with Crippen LogP contribution in [0.2, 0.25) is 5.02 Å². The number of rotatable bonds is 10. The first-order valence-electron chi connectivity index (χ1n) is 10.0. The number of hydrogen-bond donors (Lipinski definition) is 0. The lowest BCUT2D eigenvalue weighted by Crippen LogP contribution is -2.16. The number of hydrogen-bond acceptors (Lipinski definition) is 8. The standard InChI is InChI=1S/C24H19ClN2O5S2/c1-16(28)32-26-23(14-15-33-20-10-4-18(25)5-11-20)24(29)17-2-8-21(9-3-17)34-22-12-6-19(7-13-22)27(30)31/h2-13H,14-15H2,1H3. The van der Waals surface area contributed by atoms with E-state index in [9.17, 15) is 19.7 Å². The predicted octanol–water partition coefficient (Wildman–Crippen LogP) is 6.68. The van der Waals surface area contributed by atoms with Crippen molar-refractivity contribution >= 4 is 58.3 Å². The normalized spacial score (nSPS) is 11.2. The average Bonchev–Trinajstić information content (AvgIpc) is 2.82. The first-order valence-corrected chi connectivity index (χ1v) is 12.2. The molecule has 10 heteroatoms. The van der Waals surface area contributed by atoms with Crippen LogP contribution in [0.15, 0.2) is 92.6 Å². The van der Waals surface area contributed by atoms with Crippen LogP contribution in [0.4, 0.5) is 5.69 Å². The molecule has 0 spiro atoms. The molecule has 0 bridgehead atoms. The summed E-state index contributed by atoms with van der Waals surface area (Å²) in [6.07, 6.45) is 0.304. The first-order chi connectivity index (χ1) is 16.3. The van der Waals surface area contributed by atoms with Gasteiger partial charge in [-0.15, -0.1) is 11.8 Å². The number of halogens is 1. The summed E-state index contributed by atoms with van der Waals surface area (Å²) in [6, 6.07) is 20.5. The monoisotopic (exact) mass is 514 g/mol. The number of nitro groups is 1. The van der Waals surface area contributed by atoms with E-state index in [0.29, 0.717) is 22.8 Å². The molecule has 0 aromatic heterocycles. The molecule has 0 saturated carbocycles. The molecule has 0 aliphatic heterocycles. The van der Waals surface area contributed by atoms with E-state index in [4.69, 9.17) is 16.4 Å². The van der Waals surface area contributed by atoms with E-state index in [-0.39, 0.29) is 17.2 Å². The molecular formula is C24H19ClN2O5S2. The van der Waals surface area contributed by atoms with E-state index in [2.05, 4.69) is 5.16 Å². The second-order valence-electron chi connectivity index (χ2n) is 6.88. The van der Waals surface area contributed by atoms with Gasteiger partial charge >= 0.3 is 5.97 Å². The van der Waals surface area contributed by atoms with Crippen LogP contribution in [0, 0.1) is 10.1 Å². The van der Waals surface area contributed by atoms with Crippen molar-refractivity contribution in [2.75, 3.05) is 5.75 Å². The maximum Gasteiger partial charge on any atom is 0.331 e. The van der Waals surface area contributed by atoms with Gasteiger partial charge in [0.1, 0.15) is 5.71 Å². The van der Waals surface area contributed by atoms with Crippen LogP contribution in [0.25, 0.3) is 0 Å². The van der Waals surface area contributed by atoms with E-state index in [1.165, 1.54) is 42.6 Å². The first kappa shape index (κ1) is 25.5. The van der Waals surface area contributed by atoms with Crippen LogP contribution >= 0.6 is 35.1 Å². The number of Topliss-reactive ketones (excluding diaryl/α,β-unsaturated/α-hetero) is 1. The maximum atomic E-state index is 13.0. The van der Waals surface area contributed by atoms with Crippen molar-refractivity contribution in [2.24, 2.45) is 5.16 Å². The Morgan fingerprint density at radius 3 is 2.06 bits per heavy atom. The zero-order valence-electron chi connectivity index (χ0n) is 18.0. The molecule has 0 saturated heterocycles. The van der Waals surface area contributed by atoms with Gasteiger partial charge in [-0.05, 0) is 60.7 Å². The van der Waals surface area contributed by atoms with Gasteiger partial charge in [0.2, 0.25) is 5.78 Å². The largest absolute Gasteiger partial charge is 0.331 e. The van der Waals surface area contributed by atoms with Gasteiger partial charge in [0.25, 0.3) is 5.69 Å².